The summed E-state index contributed by atoms with van der Waals surface area (Å²) in [5.41, 5.74) is -0.0923. The number of nitrogens with zero attached hydrogens (tertiary/aromatic N) is 5. The largest absolute Gasteiger partial charge is 0.286 e. The summed E-state index contributed by atoms with van der Waals surface area (Å²) in [6.07, 6.45) is 1.39. The van der Waals surface area contributed by atoms with E-state index in [1.54, 1.807) is 13.0 Å². The molecule has 0 N–H and O–H groups in total. The molecular formula is C13H15N5O2S. The number of pyridine rings is 1. The van der Waals surface area contributed by atoms with Gasteiger partial charge in [-0.2, -0.15) is 14.8 Å². The molecule has 0 aromatic carbocycles. The molecule has 1 aromatic rings. The van der Waals surface area contributed by atoms with E-state index >= 15 is 0 Å². The lowest BCUT2D eigenvalue weighted by molar-refractivity contribution is 0.169. The van der Waals surface area contributed by atoms with Gasteiger partial charge in [-0.05, 0) is 19.1 Å². The van der Waals surface area contributed by atoms with Crippen LogP contribution in [0.2, 0.25) is 0 Å². The van der Waals surface area contributed by atoms with E-state index in [9.17, 15) is 8.42 Å². The normalized spacial score (nSPS) is 18.6. The van der Waals surface area contributed by atoms with Crippen LogP contribution < -0.4 is 0 Å². The predicted molar refractivity (Wildman–Crippen MR) is 74.4 cm³/mol. The van der Waals surface area contributed by atoms with Crippen molar-refractivity contribution in [1.29, 1.82) is 10.5 Å². The Morgan fingerprint density at radius 3 is 2.52 bits per heavy atom. The first-order valence-corrected chi connectivity index (χ1v) is 7.93. The standard InChI is InChI=1S/C13H15N5O2S/c1-11(9-14)17-5-7-18(8-6-17)21(19,20)13-3-2-4-16-12(13)10-15/h2-4,11H,5-8H2,1H3. The van der Waals surface area contributed by atoms with Gasteiger partial charge >= 0.3 is 0 Å². The van der Waals surface area contributed by atoms with Gasteiger partial charge < -0.3 is 0 Å². The second-order valence-corrected chi connectivity index (χ2v) is 6.61. The van der Waals surface area contributed by atoms with Gasteiger partial charge in [0.25, 0.3) is 0 Å². The summed E-state index contributed by atoms with van der Waals surface area (Å²) < 4.78 is 26.5. The molecular weight excluding hydrogens is 290 g/mol. The molecule has 1 aromatic heterocycles. The Labute approximate surface area is 124 Å². The zero-order chi connectivity index (χ0) is 15.5. The van der Waals surface area contributed by atoms with Crippen molar-refractivity contribution in [2.24, 2.45) is 0 Å². The molecule has 1 aliphatic rings. The van der Waals surface area contributed by atoms with Gasteiger partial charge in [0.05, 0.1) is 12.1 Å². The van der Waals surface area contributed by atoms with Crippen LogP contribution in [0.3, 0.4) is 0 Å². The first-order valence-electron chi connectivity index (χ1n) is 6.49. The fourth-order valence-electron chi connectivity index (χ4n) is 2.23. The van der Waals surface area contributed by atoms with Crippen LogP contribution in [0.15, 0.2) is 23.2 Å². The summed E-state index contributed by atoms with van der Waals surface area (Å²) in [6.45, 7) is 3.38. The van der Waals surface area contributed by atoms with E-state index < -0.39 is 10.0 Å². The molecule has 0 amide bonds. The second-order valence-electron chi connectivity index (χ2n) is 4.71. The minimum atomic E-state index is -3.72. The van der Waals surface area contributed by atoms with E-state index in [1.807, 2.05) is 4.90 Å². The zero-order valence-electron chi connectivity index (χ0n) is 11.6. The fourth-order valence-corrected chi connectivity index (χ4v) is 3.75. The summed E-state index contributed by atoms with van der Waals surface area (Å²) in [5.74, 6) is 0. The summed E-state index contributed by atoms with van der Waals surface area (Å²) >= 11 is 0. The van der Waals surface area contributed by atoms with E-state index in [0.717, 1.165) is 0 Å². The predicted octanol–water partition coefficient (Wildman–Crippen LogP) is 0.172. The molecule has 1 unspecified atom stereocenters. The number of hydrogen-bond acceptors (Lipinski definition) is 6. The van der Waals surface area contributed by atoms with Crippen molar-refractivity contribution < 1.29 is 8.42 Å². The van der Waals surface area contributed by atoms with Gasteiger partial charge in [-0.25, -0.2) is 13.4 Å². The molecule has 0 radical (unpaired) electrons. The Balaban J connectivity index is 2.20. The van der Waals surface area contributed by atoms with Crippen LogP contribution in [0, 0.1) is 22.7 Å². The highest BCUT2D eigenvalue weighted by atomic mass is 32.2. The van der Waals surface area contributed by atoms with Crippen LogP contribution in [0.4, 0.5) is 0 Å². The maximum atomic E-state index is 12.6. The molecule has 0 aliphatic carbocycles. The average Bonchev–Trinajstić information content (AvgIpc) is 2.54. The first-order chi connectivity index (χ1) is 10.0. The van der Waals surface area contributed by atoms with E-state index in [1.165, 1.54) is 22.6 Å². The highest BCUT2D eigenvalue weighted by molar-refractivity contribution is 7.89. The maximum Gasteiger partial charge on any atom is 0.246 e. The monoisotopic (exact) mass is 305 g/mol. The van der Waals surface area contributed by atoms with Crippen LogP contribution in [0.25, 0.3) is 0 Å². The Morgan fingerprint density at radius 2 is 1.95 bits per heavy atom. The van der Waals surface area contributed by atoms with Crippen LogP contribution in [-0.4, -0.2) is 54.8 Å². The molecule has 1 aliphatic heterocycles. The van der Waals surface area contributed by atoms with Gasteiger partial charge in [-0.1, -0.05) is 0 Å². The molecule has 0 spiro atoms. The summed E-state index contributed by atoms with van der Waals surface area (Å²) in [6, 6.07) is 6.61. The topological polar surface area (TPSA) is 101 Å². The first kappa shape index (κ1) is 15.4. The third-order valence-electron chi connectivity index (χ3n) is 3.50. The van der Waals surface area contributed by atoms with Gasteiger partial charge in [0.1, 0.15) is 11.0 Å². The minimum Gasteiger partial charge on any atom is -0.286 e. The molecule has 8 heteroatoms. The lowest BCUT2D eigenvalue weighted by Crippen LogP contribution is -2.51. The second kappa shape index (κ2) is 6.19. The van der Waals surface area contributed by atoms with Gasteiger partial charge in [0.2, 0.25) is 10.0 Å². The smallest absolute Gasteiger partial charge is 0.246 e. The SMILES string of the molecule is CC(C#N)N1CCN(S(=O)(=O)c2cccnc2C#N)CC1. The van der Waals surface area contributed by atoms with Gasteiger partial charge in [0, 0.05) is 32.4 Å². The molecule has 1 fully saturated rings. The Morgan fingerprint density at radius 1 is 1.29 bits per heavy atom. The average molecular weight is 305 g/mol. The Hall–Kier alpha value is -2.00. The maximum absolute atomic E-state index is 12.6. The van der Waals surface area contributed by atoms with Crippen molar-refractivity contribution in [3.8, 4) is 12.1 Å². The van der Waals surface area contributed by atoms with Crippen LogP contribution in [0.1, 0.15) is 12.6 Å². The molecule has 0 bridgehead atoms. The zero-order valence-corrected chi connectivity index (χ0v) is 12.4. The third-order valence-corrected chi connectivity index (χ3v) is 5.43. The molecule has 110 valence electrons. The minimum absolute atomic E-state index is 0.0609. The van der Waals surface area contributed by atoms with Gasteiger partial charge in [-0.3, -0.25) is 4.90 Å². The summed E-state index contributed by atoms with van der Waals surface area (Å²) in [5, 5.41) is 17.9. The molecule has 1 atom stereocenters. The Kier molecular flexibility index (Phi) is 4.53. The number of hydrogen-bond donors (Lipinski definition) is 0. The van der Waals surface area contributed by atoms with Gasteiger partial charge in [0.15, 0.2) is 5.69 Å². The number of aromatic nitrogens is 1. The van der Waals surface area contributed by atoms with E-state index in [2.05, 4.69) is 11.1 Å². The Bertz CT molecular complexity index is 696. The summed E-state index contributed by atoms with van der Waals surface area (Å²) in [7, 11) is -3.72. The number of nitriles is 2. The van der Waals surface area contributed by atoms with Crippen LogP contribution in [0.5, 0.6) is 0 Å². The van der Waals surface area contributed by atoms with Crippen LogP contribution >= 0.6 is 0 Å². The molecule has 2 heterocycles. The molecule has 7 nitrogen and oxygen atoms in total. The fraction of sp³-hybridized carbons (Fsp3) is 0.462. The number of sulfonamides is 1. The highest BCUT2D eigenvalue weighted by Crippen LogP contribution is 2.20. The van der Waals surface area contributed by atoms with Crippen molar-refractivity contribution in [2.75, 3.05) is 26.2 Å². The highest BCUT2D eigenvalue weighted by Gasteiger charge is 2.31. The number of piperazine rings is 1. The summed E-state index contributed by atoms with van der Waals surface area (Å²) in [4.78, 5) is 5.66. The lowest BCUT2D eigenvalue weighted by Gasteiger charge is -2.35. The van der Waals surface area contributed by atoms with Gasteiger partial charge in [-0.15, -0.1) is 0 Å². The van der Waals surface area contributed by atoms with Crippen molar-refractivity contribution in [3.63, 3.8) is 0 Å². The quantitative estimate of drug-likeness (QED) is 0.789. The lowest BCUT2D eigenvalue weighted by atomic mass is 10.2. The molecule has 21 heavy (non-hydrogen) atoms. The van der Waals surface area contributed by atoms with Crippen molar-refractivity contribution in [1.82, 2.24) is 14.2 Å². The number of rotatable bonds is 3. The molecule has 1 saturated heterocycles. The van der Waals surface area contributed by atoms with E-state index in [0.29, 0.717) is 26.2 Å². The van der Waals surface area contributed by atoms with Crippen molar-refractivity contribution >= 4 is 10.0 Å². The molecule has 2 rings (SSSR count). The van der Waals surface area contributed by atoms with Crippen LogP contribution in [-0.2, 0) is 10.0 Å². The van der Waals surface area contributed by atoms with Crippen molar-refractivity contribution in [2.45, 2.75) is 17.9 Å². The molecule has 0 saturated carbocycles. The van der Waals surface area contributed by atoms with E-state index in [4.69, 9.17) is 10.5 Å². The van der Waals surface area contributed by atoms with Crippen molar-refractivity contribution in [3.05, 3.63) is 24.0 Å². The van der Waals surface area contributed by atoms with E-state index in [-0.39, 0.29) is 16.6 Å². The third kappa shape index (κ3) is 3.03.